The fourth-order valence-corrected chi connectivity index (χ4v) is 1.73. The summed E-state index contributed by atoms with van der Waals surface area (Å²) < 4.78 is 5.71. The predicted molar refractivity (Wildman–Crippen MR) is 57.5 cm³/mol. The first kappa shape index (κ1) is 12.0. The maximum atomic E-state index is 11.3. The predicted octanol–water partition coefficient (Wildman–Crippen LogP) is 2.63. The molecule has 0 saturated heterocycles. The average Bonchev–Trinajstić information content (AvgIpc) is 1.85. The molecular weight excluding hydrogens is 269 g/mol. The number of halogens is 1. The highest BCUT2D eigenvalue weighted by atomic mass is 127. The van der Waals surface area contributed by atoms with E-state index >= 15 is 0 Å². The van der Waals surface area contributed by atoms with E-state index in [1.54, 1.807) is 4.90 Å². The molecule has 1 amide bonds. The zero-order valence-corrected chi connectivity index (χ0v) is 10.2. The number of rotatable bonds is 3. The summed E-state index contributed by atoms with van der Waals surface area (Å²) in [5.41, 5.74) is 0. The lowest BCUT2D eigenvalue weighted by Crippen LogP contribution is -2.37. The van der Waals surface area contributed by atoms with Gasteiger partial charge in [-0.3, -0.25) is 4.90 Å². The van der Waals surface area contributed by atoms with Crippen molar-refractivity contribution in [2.75, 3.05) is 4.55 Å². The van der Waals surface area contributed by atoms with E-state index < -0.39 is 0 Å². The molecule has 0 N–H and O–H groups in total. The normalized spacial score (nSPS) is 10.6. The van der Waals surface area contributed by atoms with Gasteiger partial charge in [0.15, 0.2) is 0 Å². The van der Waals surface area contributed by atoms with Crippen LogP contribution in [0.3, 0.4) is 0 Å². The summed E-state index contributed by atoms with van der Waals surface area (Å²) in [4.78, 5) is 13.0. The Morgan fingerprint density at radius 2 is 1.92 bits per heavy atom. The molecular formula is C8H16INO2. The van der Waals surface area contributed by atoms with Crippen molar-refractivity contribution in [1.29, 1.82) is 0 Å². The van der Waals surface area contributed by atoms with Crippen molar-refractivity contribution < 1.29 is 9.53 Å². The Hall–Kier alpha value is 0. The third kappa shape index (κ3) is 4.13. The maximum Gasteiger partial charge on any atom is 0.410 e. The molecule has 0 aliphatic carbocycles. The molecule has 0 atom stereocenters. The minimum Gasteiger partial charge on any atom is -0.447 e. The Balaban J connectivity index is 4.04. The Kier molecular flexibility index (Phi) is 5.61. The quantitative estimate of drug-likeness (QED) is 0.453. The Morgan fingerprint density at radius 3 is 2.17 bits per heavy atom. The lowest BCUT2D eigenvalue weighted by molar-refractivity contribution is 0.0756. The molecule has 72 valence electrons. The molecule has 0 aromatic rings. The molecule has 4 heteroatoms. The van der Waals surface area contributed by atoms with Gasteiger partial charge in [0.1, 0.15) is 0 Å². The molecule has 0 rings (SSSR count). The second-order valence-corrected chi connectivity index (χ2v) is 3.80. The molecule has 0 unspecified atom stereocenters. The number of alkyl halides is 1. The van der Waals surface area contributed by atoms with Crippen LogP contribution in [-0.4, -0.2) is 27.7 Å². The summed E-state index contributed by atoms with van der Waals surface area (Å²) in [6.45, 7) is 7.65. The van der Waals surface area contributed by atoms with Crippen molar-refractivity contribution in [1.82, 2.24) is 4.90 Å². The largest absolute Gasteiger partial charge is 0.447 e. The van der Waals surface area contributed by atoms with Gasteiger partial charge >= 0.3 is 6.09 Å². The Labute approximate surface area is 87.6 Å². The van der Waals surface area contributed by atoms with Gasteiger partial charge in [0.2, 0.25) is 0 Å². The van der Waals surface area contributed by atoms with Crippen LogP contribution in [0.2, 0.25) is 0 Å². The van der Waals surface area contributed by atoms with E-state index in [-0.39, 0.29) is 18.2 Å². The molecule has 0 heterocycles. The van der Waals surface area contributed by atoms with Crippen LogP contribution in [-0.2, 0) is 4.74 Å². The molecule has 0 aliphatic heterocycles. The second-order valence-electron chi connectivity index (χ2n) is 3.12. The van der Waals surface area contributed by atoms with Crippen molar-refractivity contribution in [3.63, 3.8) is 0 Å². The highest BCUT2D eigenvalue weighted by Gasteiger charge is 2.17. The summed E-state index contributed by atoms with van der Waals surface area (Å²) in [5, 5.41) is 0. The van der Waals surface area contributed by atoms with Crippen LogP contribution < -0.4 is 0 Å². The molecule has 3 nitrogen and oxygen atoms in total. The molecule has 0 fully saturated rings. The summed E-state index contributed by atoms with van der Waals surface area (Å²) in [6.07, 6.45) is -0.268. The summed E-state index contributed by atoms with van der Waals surface area (Å²) in [7, 11) is 0. The number of nitrogens with zero attached hydrogens (tertiary/aromatic N) is 1. The van der Waals surface area contributed by atoms with Crippen LogP contribution in [0.25, 0.3) is 0 Å². The molecule has 0 spiro atoms. The number of hydrogen-bond donors (Lipinski definition) is 0. The Morgan fingerprint density at radius 1 is 1.42 bits per heavy atom. The molecule has 0 saturated carbocycles. The van der Waals surface area contributed by atoms with E-state index in [9.17, 15) is 4.79 Å². The zero-order valence-electron chi connectivity index (χ0n) is 8.00. The van der Waals surface area contributed by atoms with Gasteiger partial charge in [0, 0.05) is 6.04 Å². The Bertz CT molecular complexity index is 148. The number of amides is 1. The zero-order chi connectivity index (χ0) is 9.72. The molecule has 0 aromatic carbocycles. The van der Waals surface area contributed by atoms with Gasteiger partial charge in [-0.2, -0.15) is 0 Å². The fourth-order valence-electron chi connectivity index (χ4n) is 0.667. The molecule has 0 aromatic heterocycles. The van der Waals surface area contributed by atoms with Crippen molar-refractivity contribution in [2.24, 2.45) is 0 Å². The highest BCUT2D eigenvalue weighted by Crippen LogP contribution is 2.05. The van der Waals surface area contributed by atoms with Crippen molar-refractivity contribution >= 4 is 28.7 Å². The van der Waals surface area contributed by atoms with Crippen molar-refractivity contribution in [3.8, 4) is 0 Å². The van der Waals surface area contributed by atoms with Gasteiger partial charge < -0.3 is 4.74 Å². The minimum absolute atomic E-state index is 0.0401. The SMILES string of the molecule is CC(C)OC(=O)N(CI)C(C)C. The number of hydrogen-bond acceptors (Lipinski definition) is 2. The molecule has 0 bridgehead atoms. The first-order valence-corrected chi connectivity index (χ1v) is 5.54. The lowest BCUT2D eigenvalue weighted by Gasteiger charge is -2.24. The third-order valence-corrected chi connectivity index (χ3v) is 2.06. The van der Waals surface area contributed by atoms with Gasteiger partial charge in [0.05, 0.1) is 10.7 Å². The molecule has 0 radical (unpaired) electrons. The summed E-state index contributed by atoms with van der Waals surface area (Å²) >= 11 is 2.15. The minimum atomic E-state index is -0.227. The van der Waals surface area contributed by atoms with Crippen molar-refractivity contribution in [2.45, 2.75) is 39.8 Å². The summed E-state index contributed by atoms with van der Waals surface area (Å²) in [6, 6.07) is 0.202. The van der Waals surface area contributed by atoms with Gasteiger partial charge in [-0.25, -0.2) is 4.79 Å². The van der Waals surface area contributed by atoms with Crippen LogP contribution in [0.4, 0.5) is 4.79 Å². The van der Waals surface area contributed by atoms with Crippen LogP contribution >= 0.6 is 22.6 Å². The van der Waals surface area contributed by atoms with E-state index in [4.69, 9.17) is 4.74 Å². The third-order valence-electron chi connectivity index (χ3n) is 1.32. The van der Waals surface area contributed by atoms with Gasteiger partial charge in [-0.1, -0.05) is 22.6 Å². The fraction of sp³-hybridized carbons (Fsp3) is 0.875. The van der Waals surface area contributed by atoms with Crippen LogP contribution in [0, 0.1) is 0 Å². The van der Waals surface area contributed by atoms with E-state index in [2.05, 4.69) is 22.6 Å². The standard InChI is InChI=1S/C8H16INO2/c1-6(2)10(5-9)8(11)12-7(3)4/h6-7H,5H2,1-4H3. The first-order valence-electron chi connectivity index (χ1n) is 4.02. The smallest absolute Gasteiger partial charge is 0.410 e. The first-order chi connectivity index (χ1) is 5.49. The molecule has 0 aliphatic rings. The van der Waals surface area contributed by atoms with Crippen molar-refractivity contribution in [3.05, 3.63) is 0 Å². The monoisotopic (exact) mass is 285 g/mol. The second kappa shape index (κ2) is 5.61. The lowest BCUT2D eigenvalue weighted by atomic mass is 10.4. The number of carbonyl (C=O) groups is 1. The number of carbonyl (C=O) groups excluding carboxylic acids is 1. The molecule has 12 heavy (non-hydrogen) atoms. The van der Waals surface area contributed by atoms with Crippen LogP contribution in [0.5, 0.6) is 0 Å². The van der Waals surface area contributed by atoms with E-state index in [0.717, 1.165) is 0 Å². The highest BCUT2D eigenvalue weighted by molar-refractivity contribution is 14.1. The van der Waals surface area contributed by atoms with Gasteiger partial charge in [0.25, 0.3) is 0 Å². The number of ether oxygens (including phenoxy) is 1. The summed E-state index contributed by atoms with van der Waals surface area (Å²) in [5.74, 6) is 0. The van der Waals surface area contributed by atoms with Crippen LogP contribution in [0.1, 0.15) is 27.7 Å². The topological polar surface area (TPSA) is 29.5 Å². The van der Waals surface area contributed by atoms with E-state index in [1.807, 2.05) is 27.7 Å². The van der Waals surface area contributed by atoms with Gasteiger partial charge in [-0.15, -0.1) is 0 Å². The van der Waals surface area contributed by atoms with Gasteiger partial charge in [-0.05, 0) is 27.7 Å². The van der Waals surface area contributed by atoms with Crippen LogP contribution in [0.15, 0.2) is 0 Å². The average molecular weight is 285 g/mol. The maximum absolute atomic E-state index is 11.3. The van der Waals surface area contributed by atoms with E-state index in [0.29, 0.717) is 4.55 Å². The van der Waals surface area contributed by atoms with E-state index in [1.165, 1.54) is 0 Å².